The Morgan fingerprint density at radius 1 is 0.920 bits per heavy atom. The smallest absolute Gasteiger partial charge is 0.338 e. The van der Waals surface area contributed by atoms with E-state index in [0.717, 1.165) is 25.7 Å². The second-order valence-corrected chi connectivity index (χ2v) is 5.90. The van der Waals surface area contributed by atoms with Crippen molar-refractivity contribution < 1.29 is 28.5 Å². The van der Waals surface area contributed by atoms with Crippen molar-refractivity contribution in [2.45, 2.75) is 45.8 Å². The van der Waals surface area contributed by atoms with Crippen LogP contribution in [0.1, 0.15) is 72.1 Å². The standard InChI is InChI=1S/C19H26O6/c1-3-5-7-22-17(20)14-11-15(18(21)23-8-6-4-2)13-16(12-14)19-24-9-10-25-19/h11-13,19H,3-10H2,1-2H3. The molecule has 0 radical (unpaired) electrons. The van der Waals surface area contributed by atoms with Crippen LogP contribution < -0.4 is 0 Å². The van der Waals surface area contributed by atoms with E-state index in [4.69, 9.17) is 18.9 Å². The molecule has 0 unspecified atom stereocenters. The molecule has 1 aliphatic rings. The summed E-state index contributed by atoms with van der Waals surface area (Å²) in [4.78, 5) is 24.5. The van der Waals surface area contributed by atoms with Crippen molar-refractivity contribution in [2.24, 2.45) is 0 Å². The summed E-state index contributed by atoms with van der Waals surface area (Å²) in [5.74, 6) is -0.924. The van der Waals surface area contributed by atoms with Gasteiger partial charge < -0.3 is 18.9 Å². The van der Waals surface area contributed by atoms with Gasteiger partial charge in [-0.05, 0) is 31.0 Å². The Kier molecular flexibility index (Phi) is 7.88. The van der Waals surface area contributed by atoms with E-state index in [-0.39, 0.29) is 0 Å². The lowest BCUT2D eigenvalue weighted by molar-refractivity contribution is -0.0442. The van der Waals surface area contributed by atoms with Crippen LogP contribution in [0.25, 0.3) is 0 Å². The Labute approximate surface area is 148 Å². The summed E-state index contributed by atoms with van der Waals surface area (Å²) in [6, 6.07) is 4.79. The zero-order chi connectivity index (χ0) is 18.1. The normalized spacial score (nSPS) is 14.5. The van der Waals surface area contributed by atoms with Gasteiger partial charge in [-0.1, -0.05) is 26.7 Å². The van der Waals surface area contributed by atoms with E-state index in [1.54, 1.807) is 12.1 Å². The van der Waals surface area contributed by atoms with Crippen molar-refractivity contribution in [3.63, 3.8) is 0 Å². The Balaban J connectivity index is 2.18. The molecule has 1 aromatic carbocycles. The SMILES string of the molecule is CCCCOC(=O)c1cc(C(=O)OCCCC)cc(C2OCCO2)c1. The molecule has 1 aromatic rings. The second-order valence-electron chi connectivity index (χ2n) is 5.90. The van der Waals surface area contributed by atoms with Gasteiger partial charge in [0.15, 0.2) is 6.29 Å². The number of hydrogen-bond acceptors (Lipinski definition) is 6. The summed E-state index contributed by atoms with van der Waals surface area (Å²) in [6.45, 7) is 5.71. The first-order chi connectivity index (χ1) is 12.2. The van der Waals surface area contributed by atoms with Gasteiger partial charge in [-0.25, -0.2) is 9.59 Å². The lowest BCUT2D eigenvalue weighted by Crippen LogP contribution is -2.12. The molecule has 0 N–H and O–H groups in total. The number of carbonyl (C=O) groups excluding carboxylic acids is 2. The summed E-state index contributed by atoms with van der Waals surface area (Å²) in [5.41, 5.74) is 1.22. The zero-order valence-corrected chi connectivity index (χ0v) is 14.9. The molecular formula is C19H26O6. The van der Waals surface area contributed by atoms with E-state index < -0.39 is 18.2 Å². The van der Waals surface area contributed by atoms with E-state index in [9.17, 15) is 9.59 Å². The van der Waals surface area contributed by atoms with Crippen LogP contribution in [-0.2, 0) is 18.9 Å². The van der Waals surface area contributed by atoms with Crippen LogP contribution in [0.5, 0.6) is 0 Å². The summed E-state index contributed by atoms with van der Waals surface area (Å²) in [5, 5.41) is 0. The minimum Gasteiger partial charge on any atom is -0.462 e. The summed E-state index contributed by atoms with van der Waals surface area (Å²) >= 11 is 0. The average molecular weight is 350 g/mol. The molecule has 1 saturated heterocycles. The van der Waals surface area contributed by atoms with Gasteiger partial charge in [-0.15, -0.1) is 0 Å². The molecule has 2 rings (SSSR count). The van der Waals surface area contributed by atoms with Crippen molar-refractivity contribution in [2.75, 3.05) is 26.4 Å². The maximum absolute atomic E-state index is 12.3. The lowest BCUT2D eigenvalue weighted by Gasteiger charge is -2.13. The quantitative estimate of drug-likeness (QED) is 0.500. The van der Waals surface area contributed by atoms with Crippen LogP contribution in [0.4, 0.5) is 0 Å². The Morgan fingerprint density at radius 3 is 1.84 bits per heavy atom. The molecule has 0 aliphatic carbocycles. The third kappa shape index (κ3) is 5.83. The third-order valence-electron chi connectivity index (χ3n) is 3.78. The molecule has 0 saturated carbocycles. The van der Waals surface area contributed by atoms with E-state index in [2.05, 4.69) is 0 Å². The van der Waals surface area contributed by atoms with E-state index >= 15 is 0 Å². The fraction of sp³-hybridized carbons (Fsp3) is 0.579. The summed E-state index contributed by atoms with van der Waals surface area (Å²) < 4.78 is 21.5. The molecule has 6 heteroatoms. The largest absolute Gasteiger partial charge is 0.462 e. The van der Waals surface area contributed by atoms with Gasteiger partial charge in [-0.2, -0.15) is 0 Å². The number of esters is 2. The highest BCUT2D eigenvalue weighted by molar-refractivity contribution is 5.95. The number of benzene rings is 1. The van der Waals surface area contributed by atoms with Crippen LogP contribution in [0.2, 0.25) is 0 Å². The summed E-state index contributed by atoms with van der Waals surface area (Å²) in [6.07, 6.45) is 2.89. The molecule has 25 heavy (non-hydrogen) atoms. The molecule has 1 heterocycles. The molecule has 0 aromatic heterocycles. The number of unbranched alkanes of at least 4 members (excludes halogenated alkanes) is 2. The van der Waals surface area contributed by atoms with Crippen LogP contribution in [0.15, 0.2) is 18.2 Å². The van der Waals surface area contributed by atoms with E-state index in [1.807, 2.05) is 13.8 Å². The Hall–Kier alpha value is -1.92. The van der Waals surface area contributed by atoms with Crippen molar-refractivity contribution in [1.82, 2.24) is 0 Å². The van der Waals surface area contributed by atoms with Crippen molar-refractivity contribution >= 4 is 11.9 Å². The van der Waals surface area contributed by atoms with Gasteiger partial charge in [0.2, 0.25) is 0 Å². The minimum atomic E-state index is -0.578. The highest BCUT2D eigenvalue weighted by atomic mass is 16.7. The van der Waals surface area contributed by atoms with Gasteiger partial charge in [0.25, 0.3) is 0 Å². The van der Waals surface area contributed by atoms with Crippen molar-refractivity contribution in [3.05, 3.63) is 34.9 Å². The molecule has 0 spiro atoms. The van der Waals surface area contributed by atoms with Crippen molar-refractivity contribution in [3.8, 4) is 0 Å². The van der Waals surface area contributed by atoms with E-state index in [1.165, 1.54) is 6.07 Å². The Morgan fingerprint density at radius 2 is 1.40 bits per heavy atom. The maximum atomic E-state index is 12.3. The minimum absolute atomic E-state index is 0.301. The van der Waals surface area contributed by atoms with Gasteiger partial charge in [0.1, 0.15) is 0 Å². The second kappa shape index (κ2) is 10.2. The first-order valence-corrected chi connectivity index (χ1v) is 8.88. The molecule has 0 atom stereocenters. The van der Waals surface area contributed by atoms with Gasteiger partial charge >= 0.3 is 11.9 Å². The predicted octanol–water partition coefficient (Wildman–Crippen LogP) is 3.65. The molecule has 1 fully saturated rings. The fourth-order valence-corrected chi connectivity index (χ4v) is 2.36. The average Bonchev–Trinajstić information content (AvgIpc) is 3.16. The topological polar surface area (TPSA) is 71.1 Å². The van der Waals surface area contributed by atoms with Crippen LogP contribution in [-0.4, -0.2) is 38.4 Å². The fourth-order valence-electron chi connectivity index (χ4n) is 2.36. The number of carbonyl (C=O) groups is 2. The zero-order valence-electron chi connectivity index (χ0n) is 14.9. The van der Waals surface area contributed by atoms with Gasteiger partial charge in [0.05, 0.1) is 37.6 Å². The van der Waals surface area contributed by atoms with Crippen LogP contribution >= 0.6 is 0 Å². The molecule has 1 aliphatic heterocycles. The van der Waals surface area contributed by atoms with Gasteiger partial charge in [0, 0.05) is 5.56 Å². The van der Waals surface area contributed by atoms with Crippen molar-refractivity contribution in [1.29, 1.82) is 0 Å². The molecule has 138 valence electrons. The summed E-state index contributed by atoms with van der Waals surface area (Å²) in [7, 11) is 0. The Bertz CT molecular complexity index is 537. The maximum Gasteiger partial charge on any atom is 0.338 e. The highest BCUT2D eigenvalue weighted by Crippen LogP contribution is 2.26. The number of rotatable bonds is 9. The molecule has 0 bridgehead atoms. The third-order valence-corrected chi connectivity index (χ3v) is 3.78. The first-order valence-electron chi connectivity index (χ1n) is 8.88. The monoisotopic (exact) mass is 350 g/mol. The predicted molar refractivity (Wildman–Crippen MR) is 91.5 cm³/mol. The number of hydrogen-bond donors (Lipinski definition) is 0. The molecule has 0 amide bonds. The number of ether oxygens (including phenoxy) is 4. The molecular weight excluding hydrogens is 324 g/mol. The van der Waals surface area contributed by atoms with Crippen LogP contribution in [0.3, 0.4) is 0 Å². The van der Waals surface area contributed by atoms with Crippen LogP contribution in [0, 0.1) is 0 Å². The lowest BCUT2D eigenvalue weighted by atomic mass is 10.0. The van der Waals surface area contributed by atoms with E-state index in [0.29, 0.717) is 43.1 Å². The van der Waals surface area contributed by atoms with Gasteiger partial charge in [-0.3, -0.25) is 0 Å². The highest BCUT2D eigenvalue weighted by Gasteiger charge is 2.23. The first kappa shape index (κ1) is 19.4. The molecule has 6 nitrogen and oxygen atoms in total.